The highest BCUT2D eigenvalue weighted by Crippen LogP contribution is 2.29. The molecule has 1 aliphatic heterocycles. The Morgan fingerprint density at radius 3 is 2.48 bits per heavy atom. The summed E-state index contributed by atoms with van der Waals surface area (Å²) in [5.74, 6) is -0.744. The number of hydrogen-bond donors (Lipinski definition) is 2. The van der Waals surface area contributed by atoms with E-state index in [4.69, 9.17) is 0 Å². The van der Waals surface area contributed by atoms with Crippen molar-refractivity contribution in [3.8, 4) is 0 Å². The van der Waals surface area contributed by atoms with Crippen molar-refractivity contribution in [1.82, 2.24) is 15.5 Å². The van der Waals surface area contributed by atoms with Gasteiger partial charge in [0.15, 0.2) is 0 Å². The number of nitrogens with zero attached hydrogens (tertiary/aromatic N) is 1. The molecule has 1 heterocycles. The molecule has 0 radical (unpaired) electrons. The molecular formula is C16H18FN3O3. The van der Waals surface area contributed by atoms with Gasteiger partial charge in [0, 0.05) is 19.0 Å². The Bertz CT molecular complexity index is 628. The molecule has 6 nitrogen and oxygen atoms in total. The molecule has 122 valence electrons. The molecule has 7 heteroatoms. The standard InChI is InChI=1S/C16H18FN3O3/c17-11-3-1-10(2-4-11)9-20(12-5-6-12)14(21)8-7-13-15(22)19-16(23)18-13/h1-4,12-13H,5-9H2,(H2,18,19,22,23). The molecule has 1 aliphatic carbocycles. The molecule has 0 aromatic heterocycles. The van der Waals surface area contributed by atoms with Crippen molar-refractivity contribution in [1.29, 1.82) is 0 Å². The molecule has 1 saturated carbocycles. The first-order valence-corrected chi connectivity index (χ1v) is 7.68. The number of carbonyl (C=O) groups is 3. The monoisotopic (exact) mass is 319 g/mol. The molecule has 2 fully saturated rings. The van der Waals surface area contributed by atoms with Gasteiger partial charge in [-0.2, -0.15) is 0 Å². The molecule has 1 aromatic carbocycles. The predicted molar refractivity (Wildman–Crippen MR) is 79.7 cm³/mol. The summed E-state index contributed by atoms with van der Waals surface area (Å²) in [7, 11) is 0. The summed E-state index contributed by atoms with van der Waals surface area (Å²) in [5, 5.41) is 4.64. The van der Waals surface area contributed by atoms with E-state index in [1.165, 1.54) is 12.1 Å². The van der Waals surface area contributed by atoms with Crippen molar-refractivity contribution in [2.45, 2.75) is 44.3 Å². The van der Waals surface area contributed by atoms with Gasteiger partial charge < -0.3 is 10.2 Å². The maximum Gasteiger partial charge on any atom is 0.322 e. The summed E-state index contributed by atoms with van der Waals surface area (Å²) in [4.78, 5) is 36.8. The number of benzene rings is 1. The summed E-state index contributed by atoms with van der Waals surface area (Å²) in [6.07, 6.45) is 2.40. The maximum absolute atomic E-state index is 13.0. The fourth-order valence-corrected chi connectivity index (χ4v) is 2.67. The lowest BCUT2D eigenvalue weighted by Crippen LogP contribution is -2.35. The Morgan fingerprint density at radius 2 is 1.91 bits per heavy atom. The van der Waals surface area contributed by atoms with Gasteiger partial charge in [-0.25, -0.2) is 9.18 Å². The summed E-state index contributed by atoms with van der Waals surface area (Å²) in [5.41, 5.74) is 0.874. The van der Waals surface area contributed by atoms with E-state index in [0.717, 1.165) is 18.4 Å². The Hall–Kier alpha value is -2.44. The molecule has 4 amide bonds. The number of carbonyl (C=O) groups excluding carboxylic acids is 3. The van der Waals surface area contributed by atoms with Crippen LogP contribution in [-0.4, -0.2) is 34.8 Å². The SMILES string of the molecule is O=C1NC(=O)C(CCC(=O)N(Cc2ccc(F)cc2)C2CC2)N1. The van der Waals surface area contributed by atoms with Crippen LogP contribution in [-0.2, 0) is 16.1 Å². The zero-order valence-electron chi connectivity index (χ0n) is 12.5. The first kappa shape index (κ1) is 15.5. The molecular weight excluding hydrogens is 301 g/mol. The molecule has 0 bridgehead atoms. The summed E-state index contributed by atoms with van der Waals surface area (Å²) in [6.45, 7) is 0.438. The molecule has 1 unspecified atom stereocenters. The van der Waals surface area contributed by atoms with Crippen LogP contribution in [0.2, 0.25) is 0 Å². The largest absolute Gasteiger partial charge is 0.335 e. The van der Waals surface area contributed by atoms with Gasteiger partial charge in [0.1, 0.15) is 11.9 Å². The van der Waals surface area contributed by atoms with Gasteiger partial charge in [-0.3, -0.25) is 14.9 Å². The average molecular weight is 319 g/mol. The van der Waals surface area contributed by atoms with Crippen LogP contribution in [0.4, 0.5) is 9.18 Å². The van der Waals surface area contributed by atoms with Crippen LogP contribution in [0.3, 0.4) is 0 Å². The lowest BCUT2D eigenvalue weighted by atomic mass is 10.1. The van der Waals surface area contributed by atoms with Gasteiger partial charge >= 0.3 is 6.03 Å². The fraction of sp³-hybridized carbons (Fsp3) is 0.438. The second kappa shape index (κ2) is 6.36. The first-order valence-electron chi connectivity index (χ1n) is 7.68. The van der Waals surface area contributed by atoms with E-state index < -0.39 is 12.1 Å². The van der Waals surface area contributed by atoms with Crippen LogP contribution in [0.5, 0.6) is 0 Å². The minimum Gasteiger partial charge on any atom is -0.335 e. The normalized spacial score (nSPS) is 20.1. The predicted octanol–water partition coefficient (Wildman–Crippen LogP) is 1.30. The summed E-state index contributed by atoms with van der Waals surface area (Å²) >= 11 is 0. The van der Waals surface area contributed by atoms with Gasteiger partial charge in [-0.1, -0.05) is 12.1 Å². The van der Waals surface area contributed by atoms with Crippen molar-refractivity contribution in [3.63, 3.8) is 0 Å². The third kappa shape index (κ3) is 3.85. The average Bonchev–Trinajstić information content (AvgIpc) is 3.30. The van der Waals surface area contributed by atoms with Crippen LogP contribution in [0, 0.1) is 5.82 Å². The van der Waals surface area contributed by atoms with Crippen molar-refractivity contribution < 1.29 is 18.8 Å². The van der Waals surface area contributed by atoms with Gasteiger partial charge in [0.2, 0.25) is 5.91 Å². The molecule has 3 rings (SSSR count). The zero-order chi connectivity index (χ0) is 16.4. The highest BCUT2D eigenvalue weighted by atomic mass is 19.1. The van der Waals surface area contributed by atoms with Crippen LogP contribution >= 0.6 is 0 Å². The van der Waals surface area contributed by atoms with Gasteiger partial charge in [-0.05, 0) is 37.0 Å². The Morgan fingerprint density at radius 1 is 1.22 bits per heavy atom. The van der Waals surface area contributed by atoms with E-state index in [1.54, 1.807) is 17.0 Å². The zero-order valence-corrected chi connectivity index (χ0v) is 12.5. The minimum absolute atomic E-state index is 0.0502. The maximum atomic E-state index is 13.0. The van der Waals surface area contributed by atoms with E-state index in [1.807, 2.05) is 0 Å². The third-order valence-corrected chi connectivity index (χ3v) is 4.08. The number of amides is 4. The van der Waals surface area contributed by atoms with E-state index in [2.05, 4.69) is 10.6 Å². The van der Waals surface area contributed by atoms with E-state index in [0.29, 0.717) is 6.54 Å². The van der Waals surface area contributed by atoms with E-state index >= 15 is 0 Å². The molecule has 1 aromatic rings. The second-order valence-electron chi connectivity index (χ2n) is 5.93. The molecule has 1 saturated heterocycles. The molecule has 1 atom stereocenters. The molecule has 2 aliphatic rings. The Kier molecular flexibility index (Phi) is 4.27. The minimum atomic E-state index is -0.640. The Balaban J connectivity index is 1.57. The third-order valence-electron chi connectivity index (χ3n) is 4.08. The van der Waals surface area contributed by atoms with Crippen LogP contribution in [0.25, 0.3) is 0 Å². The van der Waals surface area contributed by atoms with Crippen LogP contribution in [0.15, 0.2) is 24.3 Å². The molecule has 0 spiro atoms. The van der Waals surface area contributed by atoms with Crippen molar-refractivity contribution >= 4 is 17.8 Å². The highest BCUT2D eigenvalue weighted by Gasteiger charge is 2.34. The second-order valence-corrected chi connectivity index (χ2v) is 5.93. The fourth-order valence-electron chi connectivity index (χ4n) is 2.67. The smallest absolute Gasteiger partial charge is 0.322 e. The van der Waals surface area contributed by atoms with Crippen molar-refractivity contribution in [2.24, 2.45) is 0 Å². The lowest BCUT2D eigenvalue weighted by molar-refractivity contribution is -0.132. The van der Waals surface area contributed by atoms with Crippen molar-refractivity contribution in [3.05, 3.63) is 35.6 Å². The van der Waals surface area contributed by atoms with Gasteiger partial charge in [0.05, 0.1) is 0 Å². The number of nitrogens with one attached hydrogen (secondary N) is 2. The number of halogens is 1. The number of rotatable bonds is 6. The van der Waals surface area contributed by atoms with Crippen molar-refractivity contribution in [2.75, 3.05) is 0 Å². The van der Waals surface area contributed by atoms with E-state index in [9.17, 15) is 18.8 Å². The Labute approximate surface area is 133 Å². The first-order chi connectivity index (χ1) is 11.0. The topological polar surface area (TPSA) is 78.5 Å². The lowest BCUT2D eigenvalue weighted by Gasteiger charge is -2.23. The molecule has 2 N–H and O–H groups in total. The van der Waals surface area contributed by atoms with Gasteiger partial charge in [-0.15, -0.1) is 0 Å². The van der Waals surface area contributed by atoms with E-state index in [-0.39, 0.29) is 36.5 Å². The summed E-state index contributed by atoms with van der Waals surface area (Å²) in [6, 6.07) is 5.16. The van der Waals surface area contributed by atoms with Crippen LogP contribution in [0.1, 0.15) is 31.2 Å². The highest BCUT2D eigenvalue weighted by molar-refractivity contribution is 6.04. The molecule has 23 heavy (non-hydrogen) atoms. The quantitative estimate of drug-likeness (QED) is 0.776. The summed E-state index contributed by atoms with van der Waals surface area (Å²) < 4.78 is 13.0. The number of imide groups is 1. The number of hydrogen-bond acceptors (Lipinski definition) is 3. The van der Waals surface area contributed by atoms with Crippen LogP contribution < -0.4 is 10.6 Å². The van der Waals surface area contributed by atoms with Gasteiger partial charge in [0.25, 0.3) is 5.91 Å². The number of urea groups is 1.